The number of hydrogen-bond acceptors (Lipinski definition) is 1. The zero-order valence-corrected chi connectivity index (χ0v) is 14.4. The van der Waals surface area contributed by atoms with Crippen LogP contribution in [0.15, 0.2) is 42.3 Å². The Morgan fingerprint density at radius 1 is 1.24 bits per heavy atom. The van der Waals surface area contributed by atoms with Crippen molar-refractivity contribution in [3.8, 4) is 0 Å². The maximum Gasteiger partial charge on any atom is 0.0119 e. The van der Waals surface area contributed by atoms with Gasteiger partial charge in [-0.15, -0.1) is 0 Å². The minimum atomic E-state index is 0.770. The second kappa shape index (κ2) is 7.17. The Hall–Kier alpha value is -1.21. The lowest BCUT2D eigenvalue weighted by atomic mass is 9.85. The minimum Gasteiger partial charge on any atom is -0.0955 e. The van der Waals surface area contributed by atoms with Crippen LogP contribution >= 0.6 is 11.8 Å². The molecule has 1 heteroatoms. The molecule has 0 unspecified atom stereocenters. The first kappa shape index (κ1) is 16.2. The third-order valence-electron chi connectivity index (χ3n) is 4.25. The highest BCUT2D eigenvalue weighted by Gasteiger charge is 2.22. The van der Waals surface area contributed by atoms with E-state index in [9.17, 15) is 0 Å². The molecular formula is C20H26S. The molecule has 0 atom stereocenters. The van der Waals surface area contributed by atoms with Crippen molar-refractivity contribution in [3.05, 3.63) is 59.0 Å². The summed E-state index contributed by atoms with van der Waals surface area (Å²) in [4.78, 5) is 2.65. The van der Waals surface area contributed by atoms with Crippen molar-refractivity contribution in [2.24, 2.45) is 5.92 Å². The highest BCUT2D eigenvalue weighted by Crippen LogP contribution is 2.44. The van der Waals surface area contributed by atoms with Gasteiger partial charge >= 0.3 is 0 Å². The average Bonchev–Trinajstić information content (AvgIpc) is 2.43. The number of hydrogen-bond donors (Lipinski definition) is 0. The fraction of sp³-hybridized carbons (Fsp3) is 0.400. The molecule has 1 aromatic rings. The number of rotatable bonds is 6. The van der Waals surface area contributed by atoms with Crippen LogP contribution < -0.4 is 0 Å². The van der Waals surface area contributed by atoms with Crippen LogP contribution in [-0.4, -0.2) is 0 Å². The average molecular weight is 298 g/mol. The summed E-state index contributed by atoms with van der Waals surface area (Å²) in [6.45, 7) is 14.8. The molecule has 0 radical (unpaired) electrons. The Balaban J connectivity index is 2.21. The van der Waals surface area contributed by atoms with Crippen molar-refractivity contribution in [1.29, 1.82) is 0 Å². The zero-order valence-electron chi connectivity index (χ0n) is 13.5. The van der Waals surface area contributed by atoms with Gasteiger partial charge in [0.25, 0.3) is 0 Å². The molecule has 1 fully saturated rings. The van der Waals surface area contributed by atoms with Gasteiger partial charge in [0.1, 0.15) is 0 Å². The zero-order chi connectivity index (χ0) is 15.4. The lowest BCUT2D eigenvalue weighted by Gasteiger charge is -2.28. The highest BCUT2D eigenvalue weighted by atomic mass is 32.2. The van der Waals surface area contributed by atoms with Crippen LogP contribution in [-0.2, 0) is 6.42 Å². The van der Waals surface area contributed by atoms with E-state index in [-0.39, 0.29) is 0 Å². The molecule has 0 N–H and O–H groups in total. The molecule has 0 spiro atoms. The highest BCUT2D eigenvalue weighted by molar-refractivity contribution is 8.11. The molecule has 1 aliphatic carbocycles. The maximum atomic E-state index is 4.32. The summed E-state index contributed by atoms with van der Waals surface area (Å²) in [6, 6.07) is 6.74. The molecule has 0 saturated heterocycles. The molecule has 0 amide bonds. The normalized spacial score (nSPS) is 15.7. The van der Waals surface area contributed by atoms with Crippen molar-refractivity contribution in [2.45, 2.75) is 46.5 Å². The van der Waals surface area contributed by atoms with E-state index >= 15 is 0 Å². The van der Waals surface area contributed by atoms with E-state index in [4.69, 9.17) is 0 Å². The molecule has 21 heavy (non-hydrogen) atoms. The fourth-order valence-electron chi connectivity index (χ4n) is 2.58. The maximum absolute atomic E-state index is 4.32. The fourth-order valence-corrected chi connectivity index (χ4v) is 3.62. The Labute approximate surface area is 134 Å². The third kappa shape index (κ3) is 3.91. The SMILES string of the molecule is C=C(C)c1cc(CC)cc(C(=C)S/C(=C\C)C2CCC2)c1. The largest absolute Gasteiger partial charge is 0.0955 e. The first-order valence-corrected chi connectivity index (χ1v) is 8.70. The Morgan fingerprint density at radius 3 is 2.38 bits per heavy atom. The van der Waals surface area contributed by atoms with Gasteiger partial charge in [-0.2, -0.15) is 0 Å². The first-order chi connectivity index (χ1) is 10.0. The van der Waals surface area contributed by atoms with E-state index in [0.29, 0.717) is 0 Å². The summed E-state index contributed by atoms with van der Waals surface area (Å²) in [7, 11) is 0. The van der Waals surface area contributed by atoms with Gasteiger partial charge in [0.2, 0.25) is 0 Å². The number of aryl methyl sites for hydroxylation is 1. The van der Waals surface area contributed by atoms with Crippen LogP contribution in [0.2, 0.25) is 0 Å². The van der Waals surface area contributed by atoms with Crippen molar-refractivity contribution >= 4 is 22.2 Å². The quantitative estimate of drug-likeness (QED) is 0.563. The predicted octanol–water partition coefficient (Wildman–Crippen LogP) is 6.69. The van der Waals surface area contributed by atoms with Crippen molar-refractivity contribution < 1.29 is 0 Å². The van der Waals surface area contributed by atoms with Gasteiger partial charge in [0.05, 0.1) is 0 Å². The Bertz CT molecular complexity index is 574. The summed E-state index contributed by atoms with van der Waals surface area (Å²) >= 11 is 1.86. The number of thioether (sulfide) groups is 1. The standard InChI is InChI=1S/C20H26S/c1-6-16-11-18(14(3)4)13-19(12-16)15(5)21-20(7-2)17-9-8-10-17/h7,11-13,17H,3,5-6,8-10H2,1-2,4H3/b20-7-. The van der Waals surface area contributed by atoms with Gasteiger partial charge in [-0.1, -0.05) is 62.0 Å². The van der Waals surface area contributed by atoms with Crippen LogP contribution in [0.1, 0.15) is 56.7 Å². The molecule has 1 aromatic carbocycles. The number of benzene rings is 1. The lowest BCUT2D eigenvalue weighted by molar-refractivity contribution is 0.382. The van der Waals surface area contributed by atoms with E-state index in [1.54, 1.807) is 0 Å². The van der Waals surface area contributed by atoms with Gasteiger partial charge in [0, 0.05) is 4.91 Å². The van der Waals surface area contributed by atoms with Crippen LogP contribution in [0.4, 0.5) is 0 Å². The summed E-state index contributed by atoms with van der Waals surface area (Å²) in [5.74, 6) is 0.770. The van der Waals surface area contributed by atoms with Crippen molar-refractivity contribution in [3.63, 3.8) is 0 Å². The second-order valence-corrected chi connectivity index (χ2v) is 7.06. The monoisotopic (exact) mass is 298 g/mol. The number of allylic oxidation sites excluding steroid dienone is 3. The Morgan fingerprint density at radius 2 is 1.90 bits per heavy atom. The lowest BCUT2D eigenvalue weighted by Crippen LogP contribution is -2.11. The molecule has 1 saturated carbocycles. The third-order valence-corrected chi connectivity index (χ3v) is 5.54. The summed E-state index contributed by atoms with van der Waals surface area (Å²) in [5.41, 5.74) is 4.96. The van der Waals surface area contributed by atoms with Crippen LogP contribution in [0.3, 0.4) is 0 Å². The minimum absolute atomic E-state index is 0.770. The van der Waals surface area contributed by atoms with Gasteiger partial charge < -0.3 is 0 Å². The van der Waals surface area contributed by atoms with Crippen molar-refractivity contribution in [2.75, 3.05) is 0 Å². The molecule has 0 aromatic heterocycles. The smallest absolute Gasteiger partial charge is 0.0119 e. The van der Waals surface area contributed by atoms with Gasteiger partial charge in [-0.25, -0.2) is 0 Å². The molecule has 0 aliphatic heterocycles. The van der Waals surface area contributed by atoms with E-state index in [2.05, 4.69) is 58.2 Å². The van der Waals surface area contributed by atoms with Crippen LogP contribution in [0.5, 0.6) is 0 Å². The second-order valence-electron chi connectivity index (χ2n) is 5.90. The van der Waals surface area contributed by atoms with Gasteiger partial charge in [-0.3, -0.25) is 0 Å². The Kier molecular flexibility index (Phi) is 5.52. The first-order valence-electron chi connectivity index (χ1n) is 7.88. The van der Waals surface area contributed by atoms with E-state index in [1.807, 2.05) is 11.8 Å². The molecule has 112 valence electrons. The molecular weight excluding hydrogens is 272 g/mol. The van der Waals surface area contributed by atoms with Crippen LogP contribution in [0, 0.1) is 5.92 Å². The van der Waals surface area contributed by atoms with Crippen molar-refractivity contribution in [1.82, 2.24) is 0 Å². The van der Waals surface area contributed by atoms with E-state index < -0.39 is 0 Å². The molecule has 2 rings (SSSR count). The predicted molar refractivity (Wildman–Crippen MR) is 98.3 cm³/mol. The molecule has 1 aliphatic rings. The summed E-state index contributed by atoms with van der Waals surface area (Å²) in [5, 5.41) is 0. The van der Waals surface area contributed by atoms with E-state index in [1.165, 1.54) is 40.9 Å². The molecule has 0 heterocycles. The molecule has 0 bridgehead atoms. The van der Waals surface area contributed by atoms with E-state index in [0.717, 1.165) is 22.8 Å². The summed E-state index contributed by atoms with van der Waals surface area (Å²) < 4.78 is 0. The summed E-state index contributed by atoms with van der Waals surface area (Å²) in [6.07, 6.45) is 7.37. The van der Waals surface area contributed by atoms with Gasteiger partial charge in [-0.05, 0) is 66.7 Å². The topological polar surface area (TPSA) is 0 Å². The molecule has 0 nitrogen and oxygen atoms in total. The van der Waals surface area contributed by atoms with Crippen LogP contribution in [0.25, 0.3) is 10.5 Å². The van der Waals surface area contributed by atoms with Gasteiger partial charge in [0.15, 0.2) is 0 Å².